The normalized spacial score (nSPS) is 11.2. The van der Waals surface area contributed by atoms with E-state index in [2.05, 4.69) is 76.0 Å². The van der Waals surface area contributed by atoms with Crippen molar-refractivity contribution < 1.29 is 23.8 Å². The zero-order valence-electron chi connectivity index (χ0n) is 24.7. The maximum Gasteiger partial charge on any atom is 0.338 e. The predicted octanol–water partition coefficient (Wildman–Crippen LogP) is 11.1. The van der Waals surface area contributed by atoms with E-state index in [0.29, 0.717) is 42.3 Å². The molecule has 0 unspecified atom stereocenters. The highest BCUT2D eigenvalue weighted by atomic mass is 79.9. The minimum absolute atomic E-state index is 0.0883. The molecule has 11 heteroatoms. The SMILES string of the molecule is CCCCCCCCOC(=O)c1cc(NC(=O)c2ccccc2)ccc1-c1c2cc(Br)c(=O)c(Br)c-2oc2c(Br)c(O)c(Br)cc12. The van der Waals surface area contributed by atoms with Crippen molar-refractivity contribution in [3.8, 4) is 28.2 Å². The second-order valence-corrected chi connectivity index (χ2v) is 14.0. The summed E-state index contributed by atoms with van der Waals surface area (Å²) in [5, 5.41) is 14.1. The van der Waals surface area contributed by atoms with Crippen molar-refractivity contribution in [2.24, 2.45) is 0 Å². The summed E-state index contributed by atoms with van der Waals surface area (Å²) < 4.78 is 13.1. The van der Waals surface area contributed by atoms with Crippen molar-refractivity contribution in [2.45, 2.75) is 45.4 Å². The predicted molar refractivity (Wildman–Crippen MR) is 195 cm³/mol. The smallest absolute Gasteiger partial charge is 0.338 e. The number of phenols is 1. The van der Waals surface area contributed by atoms with Crippen LogP contribution in [0.4, 0.5) is 5.69 Å². The largest absolute Gasteiger partial charge is 0.505 e. The number of rotatable bonds is 11. The van der Waals surface area contributed by atoms with E-state index < -0.39 is 5.97 Å². The van der Waals surface area contributed by atoms with Gasteiger partial charge in [0.2, 0.25) is 5.43 Å². The molecule has 0 bridgehead atoms. The van der Waals surface area contributed by atoms with Crippen LogP contribution < -0.4 is 10.7 Å². The van der Waals surface area contributed by atoms with Gasteiger partial charge in [-0.2, -0.15) is 0 Å². The van der Waals surface area contributed by atoms with Crippen LogP contribution >= 0.6 is 63.7 Å². The van der Waals surface area contributed by atoms with Crippen molar-refractivity contribution in [1.82, 2.24) is 0 Å². The highest BCUT2D eigenvalue weighted by Gasteiger charge is 2.28. The number of carbonyl (C=O) groups is 2. The molecule has 0 spiro atoms. The van der Waals surface area contributed by atoms with Gasteiger partial charge in [-0.25, -0.2) is 4.79 Å². The number of phenolic OH excluding ortho intramolecular Hbond substituents is 1. The zero-order valence-corrected chi connectivity index (χ0v) is 31.1. The van der Waals surface area contributed by atoms with Crippen LogP contribution in [0.2, 0.25) is 0 Å². The molecule has 1 aliphatic carbocycles. The third-order valence-electron chi connectivity index (χ3n) is 7.56. The summed E-state index contributed by atoms with van der Waals surface area (Å²) >= 11 is 13.6. The second kappa shape index (κ2) is 15.3. The van der Waals surface area contributed by atoms with E-state index in [-0.39, 0.29) is 49.5 Å². The Morgan fingerprint density at radius 2 is 1.57 bits per heavy atom. The molecule has 46 heavy (non-hydrogen) atoms. The number of aromatic hydroxyl groups is 1. The number of esters is 1. The van der Waals surface area contributed by atoms with Crippen LogP contribution in [0.1, 0.15) is 66.2 Å². The molecule has 0 radical (unpaired) electrons. The van der Waals surface area contributed by atoms with Crippen LogP contribution in [0.25, 0.3) is 33.4 Å². The fraction of sp³-hybridized carbons (Fsp3) is 0.229. The Labute approximate surface area is 299 Å². The van der Waals surface area contributed by atoms with Crippen molar-refractivity contribution in [2.75, 3.05) is 11.9 Å². The quantitative estimate of drug-likeness (QED) is 0.0778. The van der Waals surface area contributed by atoms with Crippen molar-refractivity contribution in [3.63, 3.8) is 0 Å². The van der Waals surface area contributed by atoms with Gasteiger partial charge in [0.15, 0.2) is 11.3 Å². The Morgan fingerprint density at radius 3 is 2.30 bits per heavy atom. The Bertz CT molecular complexity index is 1960. The molecule has 0 aromatic heterocycles. The topological polar surface area (TPSA) is 106 Å². The Kier molecular flexibility index (Phi) is 11.4. The number of halogens is 4. The molecule has 0 atom stereocenters. The number of ether oxygens (including phenoxy) is 1. The van der Waals surface area contributed by atoms with Crippen LogP contribution in [0.3, 0.4) is 0 Å². The van der Waals surface area contributed by atoms with Crippen molar-refractivity contribution in [3.05, 3.63) is 99.9 Å². The molecule has 2 N–H and O–H groups in total. The van der Waals surface area contributed by atoms with Gasteiger partial charge in [0.05, 0.1) is 21.1 Å². The van der Waals surface area contributed by atoms with Gasteiger partial charge in [-0.15, -0.1) is 0 Å². The second-order valence-electron chi connectivity index (χ2n) is 10.7. The van der Waals surface area contributed by atoms with Gasteiger partial charge in [-0.3, -0.25) is 9.59 Å². The van der Waals surface area contributed by atoms with E-state index in [1.54, 1.807) is 54.6 Å². The number of anilines is 1. The highest BCUT2D eigenvalue weighted by Crippen LogP contribution is 2.49. The summed E-state index contributed by atoms with van der Waals surface area (Å²) in [4.78, 5) is 39.8. The maximum absolute atomic E-state index is 13.8. The molecule has 1 aliphatic heterocycles. The van der Waals surface area contributed by atoms with E-state index in [1.165, 1.54) is 6.42 Å². The first-order chi connectivity index (χ1) is 22.1. The zero-order chi connectivity index (χ0) is 33.0. The van der Waals surface area contributed by atoms with Gasteiger partial charge in [0, 0.05) is 27.8 Å². The molecule has 3 aromatic rings. The molecule has 0 saturated heterocycles. The molecule has 238 valence electrons. The molecule has 2 aliphatic rings. The standard InChI is InChI=1S/C35H29Br4NO6/c1-2-3-4-5-6-10-15-45-35(44)22-16-20(40-34(43)19-11-8-7-9-12-19)13-14-21(22)27-23-17-25(36)30(41)28(38)32(23)46-33-24(27)18-26(37)31(42)29(33)39/h7-9,11-14,16-18,41H,2-6,10,15H2,1H3,(H,40,43). The molecule has 1 heterocycles. The number of nitrogens with one attached hydrogen (secondary N) is 1. The van der Waals surface area contributed by atoms with E-state index in [1.807, 2.05) is 6.07 Å². The Hall–Kier alpha value is -2.99. The van der Waals surface area contributed by atoms with Crippen LogP contribution in [0.15, 0.2) is 87.8 Å². The number of hydrogen-bond donors (Lipinski definition) is 2. The maximum atomic E-state index is 13.8. The van der Waals surface area contributed by atoms with Gasteiger partial charge in [-0.05, 0) is 112 Å². The third kappa shape index (κ3) is 7.27. The minimum Gasteiger partial charge on any atom is -0.505 e. The fourth-order valence-electron chi connectivity index (χ4n) is 5.21. The number of carbonyl (C=O) groups excluding carboxylic acids is 2. The van der Waals surface area contributed by atoms with E-state index >= 15 is 0 Å². The van der Waals surface area contributed by atoms with Crippen LogP contribution in [-0.2, 0) is 4.74 Å². The van der Waals surface area contributed by atoms with Crippen LogP contribution in [0, 0.1) is 0 Å². The minimum atomic E-state index is -0.558. The lowest BCUT2D eigenvalue weighted by Crippen LogP contribution is -2.14. The molecule has 3 aromatic carbocycles. The van der Waals surface area contributed by atoms with Crippen LogP contribution in [0.5, 0.6) is 5.75 Å². The summed E-state index contributed by atoms with van der Waals surface area (Å²) in [5.74, 6) is -0.745. The first-order valence-corrected chi connectivity index (χ1v) is 17.9. The average Bonchev–Trinajstić information content (AvgIpc) is 3.06. The van der Waals surface area contributed by atoms with Gasteiger partial charge in [0.1, 0.15) is 14.7 Å². The monoisotopic (exact) mass is 875 g/mol. The van der Waals surface area contributed by atoms with Crippen molar-refractivity contribution in [1.29, 1.82) is 0 Å². The lowest BCUT2D eigenvalue weighted by Gasteiger charge is -2.20. The number of unbranched alkanes of at least 4 members (excludes halogenated alkanes) is 5. The number of fused-ring (bicyclic) bond motifs is 2. The Balaban J connectivity index is 1.67. The number of amides is 1. The molecular weight excluding hydrogens is 850 g/mol. The van der Waals surface area contributed by atoms with Gasteiger partial charge in [-0.1, -0.05) is 63.3 Å². The fourth-order valence-corrected chi connectivity index (χ4v) is 7.61. The molecular formula is C35H29Br4NO6. The van der Waals surface area contributed by atoms with E-state index in [0.717, 1.165) is 32.1 Å². The highest BCUT2D eigenvalue weighted by molar-refractivity contribution is 9.11. The summed E-state index contributed by atoms with van der Waals surface area (Å²) in [7, 11) is 0. The summed E-state index contributed by atoms with van der Waals surface area (Å²) in [6.07, 6.45) is 6.24. The average molecular weight is 879 g/mol. The summed E-state index contributed by atoms with van der Waals surface area (Å²) in [5.41, 5.74) is 2.60. The summed E-state index contributed by atoms with van der Waals surface area (Å²) in [6, 6.07) is 17.2. The number of hydrogen-bond acceptors (Lipinski definition) is 6. The van der Waals surface area contributed by atoms with Crippen LogP contribution in [-0.4, -0.2) is 23.6 Å². The molecule has 7 nitrogen and oxygen atoms in total. The molecule has 0 fully saturated rings. The number of benzene rings is 4. The Morgan fingerprint density at radius 1 is 0.848 bits per heavy atom. The molecule has 1 amide bonds. The summed E-state index contributed by atoms with van der Waals surface area (Å²) in [6.45, 7) is 2.42. The van der Waals surface area contributed by atoms with E-state index in [9.17, 15) is 19.5 Å². The first-order valence-electron chi connectivity index (χ1n) is 14.8. The molecule has 0 saturated carbocycles. The third-order valence-corrected chi connectivity index (χ3v) is 10.2. The lowest BCUT2D eigenvalue weighted by atomic mass is 9.90. The van der Waals surface area contributed by atoms with Crippen molar-refractivity contribution >= 4 is 92.3 Å². The van der Waals surface area contributed by atoms with Gasteiger partial charge < -0.3 is 19.6 Å². The van der Waals surface area contributed by atoms with Gasteiger partial charge >= 0.3 is 5.97 Å². The van der Waals surface area contributed by atoms with Gasteiger partial charge in [0.25, 0.3) is 5.91 Å². The first kappa shape index (κ1) is 34.3. The van der Waals surface area contributed by atoms with E-state index in [4.69, 9.17) is 9.15 Å². The lowest BCUT2D eigenvalue weighted by molar-refractivity contribution is 0.0498. The molecule has 5 rings (SSSR count).